The largest absolute Gasteiger partial charge is 0.309 e. The zero-order chi connectivity index (χ0) is 50.0. The molecule has 14 rings (SSSR count). The van der Waals surface area contributed by atoms with Crippen molar-refractivity contribution in [2.24, 2.45) is 0 Å². The average Bonchev–Trinajstić information content (AvgIpc) is 4.00. The molecule has 6 nitrogen and oxygen atoms in total. The lowest BCUT2D eigenvalue weighted by Gasteiger charge is -2.28. The van der Waals surface area contributed by atoms with Crippen molar-refractivity contribution in [2.75, 3.05) is 9.80 Å². The van der Waals surface area contributed by atoms with Crippen LogP contribution in [0.2, 0.25) is 13.1 Å². The van der Waals surface area contributed by atoms with Crippen LogP contribution in [-0.4, -0.2) is 27.2 Å². The fourth-order valence-corrected chi connectivity index (χ4v) is 13.4. The normalized spacial score (nSPS) is 11.9. The second kappa shape index (κ2) is 17.9. The van der Waals surface area contributed by atoms with E-state index in [1.54, 1.807) is 0 Å². The molecule has 0 fully saturated rings. The maximum Gasteiger partial charge on any atom is 0.158 e. The summed E-state index contributed by atoms with van der Waals surface area (Å²) < 4.78 is 4.73. The van der Waals surface area contributed by atoms with Gasteiger partial charge >= 0.3 is 0 Å². The molecule has 4 aromatic heterocycles. The molecule has 356 valence electrons. The van der Waals surface area contributed by atoms with Crippen molar-refractivity contribution in [3.8, 4) is 11.4 Å². The summed E-state index contributed by atoms with van der Waals surface area (Å²) in [6.07, 6.45) is 4.11. The quantitative estimate of drug-likeness (QED) is 0.128. The summed E-state index contributed by atoms with van der Waals surface area (Å²) in [4.78, 5) is 15.4. The summed E-state index contributed by atoms with van der Waals surface area (Å²) in [6, 6.07) is 91.9. The first-order valence-electron chi connectivity index (χ1n) is 25.6. The fourth-order valence-electron chi connectivity index (χ4n) is 11.3. The van der Waals surface area contributed by atoms with Gasteiger partial charge in [-0.2, -0.15) is 0 Å². The van der Waals surface area contributed by atoms with Crippen molar-refractivity contribution in [1.29, 1.82) is 0 Å². The summed E-state index contributed by atoms with van der Waals surface area (Å²) in [5.41, 5.74) is 13.2. The summed E-state index contributed by atoms with van der Waals surface area (Å²) >= 11 is 0. The number of hydrogen-bond acceptors (Lipinski definition) is 4. The van der Waals surface area contributed by atoms with E-state index in [9.17, 15) is 0 Å². The van der Waals surface area contributed by atoms with Crippen LogP contribution in [0.15, 0.2) is 267 Å². The highest BCUT2D eigenvalue weighted by Crippen LogP contribution is 2.42. The minimum atomic E-state index is -2.42. The third-order valence-electron chi connectivity index (χ3n) is 15.1. The van der Waals surface area contributed by atoms with Crippen molar-refractivity contribution >= 4 is 118 Å². The Hall–Kier alpha value is -9.56. The van der Waals surface area contributed by atoms with E-state index in [2.05, 4.69) is 299 Å². The molecule has 0 saturated heterocycles. The predicted molar refractivity (Wildman–Crippen MR) is 318 cm³/mol. The first-order chi connectivity index (χ1) is 36.9. The van der Waals surface area contributed by atoms with Crippen LogP contribution in [0.25, 0.3) is 76.5 Å². The number of fused-ring (bicyclic) bond motifs is 8. The molecule has 0 atom stereocenters. The second-order valence-corrected chi connectivity index (χ2v) is 24.2. The van der Waals surface area contributed by atoms with Crippen LogP contribution in [0.3, 0.4) is 0 Å². The van der Waals surface area contributed by atoms with E-state index in [-0.39, 0.29) is 0 Å². The monoisotopic (exact) mass is 978 g/mol. The predicted octanol–water partition coefficient (Wildman–Crippen LogP) is 16.7. The summed E-state index contributed by atoms with van der Waals surface area (Å²) in [5.74, 6) is 0. The molecule has 0 radical (unpaired) electrons. The third-order valence-corrected chi connectivity index (χ3v) is 18.3. The van der Waals surface area contributed by atoms with Crippen LogP contribution in [0.1, 0.15) is 0 Å². The van der Waals surface area contributed by atoms with Crippen molar-refractivity contribution in [2.45, 2.75) is 13.1 Å². The highest BCUT2D eigenvalue weighted by atomic mass is 28.3. The molecular formula is C68H50N6Si. The van der Waals surface area contributed by atoms with Crippen molar-refractivity contribution in [3.63, 3.8) is 0 Å². The van der Waals surface area contributed by atoms with E-state index in [0.29, 0.717) is 0 Å². The van der Waals surface area contributed by atoms with Crippen molar-refractivity contribution < 1.29 is 0 Å². The smallest absolute Gasteiger partial charge is 0.158 e. The molecule has 4 heterocycles. The van der Waals surface area contributed by atoms with Gasteiger partial charge in [0, 0.05) is 66.3 Å². The Labute approximate surface area is 436 Å². The van der Waals surface area contributed by atoms with E-state index in [1.165, 1.54) is 54.1 Å². The highest BCUT2D eigenvalue weighted by molar-refractivity contribution is 6.99. The lowest BCUT2D eigenvalue weighted by atomic mass is 10.1. The van der Waals surface area contributed by atoms with Crippen molar-refractivity contribution in [1.82, 2.24) is 19.1 Å². The van der Waals surface area contributed by atoms with Gasteiger partial charge in [0.1, 0.15) is 0 Å². The molecule has 0 bridgehead atoms. The van der Waals surface area contributed by atoms with Gasteiger partial charge in [0.05, 0.1) is 45.8 Å². The minimum Gasteiger partial charge on any atom is -0.309 e. The summed E-state index contributed by atoms with van der Waals surface area (Å²) in [7, 11) is -2.42. The lowest BCUT2D eigenvalue weighted by Crippen LogP contribution is -2.55. The Morgan fingerprint density at radius 2 is 0.640 bits per heavy atom. The van der Waals surface area contributed by atoms with Gasteiger partial charge < -0.3 is 18.9 Å². The Morgan fingerprint density at radius 3 is 1.07 bits per heavy atom. The number of nitrogens with zero attached hydrogens (tertiary/aromatic N) is 6. The highest BCUT2D eigenvalue weighted by Gasteiger charge is 2.31. The van der Waals surface area contributed by atoms with Gasteiger partial charge in [-0.25, -0.2) is 0 Å². The second-order valence-electron chi connectivity index (χ2n) is 19.9. The number of anilines is 6. The molecule has 7 heteroatoms. The zero-order valence-electron chi connectivity index (χ0n) is 41.6. The minimum absolute atomic E-state index is 0.989. The van der Waals surface area contributed by atoms with Crippen LogP contribution >= 0.6 is 0 Å². The molecule has 0 saturated carbocycles. The topological polar surface area (TPSA) is 42.1 Å². The molecule has 0 spiro atoms. The molecule has 10 aromatic carbocycles. The first-order valence-corrected chi connectivity index (χ1v) is 28.6. The van der Waals surface area contributed by atoms with Gasteiger partial charge in [-0.15, -0.1) is 0 Å². The van der Waals surface area contributed by atoms with Gasteiger partial charge in [-0.3, -0.25) is 9.97 Å². The Bertz CT molecular complexity index is 4160. The molecule has 0 aliphatic heterocycles. The van der Waals surface area contributed by atoms with Crippen LogP contribution in [-0.2, 0) is 0 Å². The molecule has 14 aromatic rings. The van der Waals surface area contributed by atoms with E-state index >= 15 is 0 Å². The molecule has 0 amide bonds. The van der Waals surface area contributed by atoms with Gasteiger partial charge in [0.2, 0.25) is 0 Å². The van der Waals surface area contributed by atoms with Gasteiger partial charge in [0.25, 0.3) is 0 Å². The van der Waals surface area contributed by atoms with Crippen LogP contribution < -0.4 is 20.4 Å². The Balaban J connectivity index is 0.842. The van der Waals surface area contributed by atoms with Gasteiger partial charge in [-0.05, 0) is 143 Å². The number of pyridine rings is 2. The third kappa shape index (κ3) is 7.55. The molecule has 0 N–H and O–H groups in total. The van der Waals surface area contributed by atoms with Crippen LogP contribution in [0.5, 0.6) is 0 Å². The Morgan fingerprint density at radius 1 is 0.293 bits per heavy atom. The molecule has 0 aliphatic rings. The van der Waals surface area contributed by atoms with E-state index < -0.39 is 8.07 Å². The molecule has 75 heavy (non-hydrogen) atoms. The first kappa shape index (κ1) is 44.2. The lowest BCUT2D eigenvalue weighted by molar-refractivity contribution is 1.18. The van der Waals surface area contributed by atoms with Gasteiger partial charge in [-0.1, -0.05) is 147 Å². The number of para-hydroxylation sites is 4. The fraction of sp³-hybridized carbons (Fsp3) is 0.0294. The Kier molecular flexibility index (Phi) is 10.5. The SMILES string of the molecule is C[Si](C)(c1ccc(N(c2ccc3ccccc3c2)c2ccc3c(c2)c2ccccc2n3-c2ccccc2)cn1)c1ccc(N(c2ccc3ccccc3c2)c2ccc3c(c2)c2ccccc2n3-c2ccccc2)cn1. The zero-order valence-corrected chi connectivity index (χ0v) is 42.6. The number of benzene rings is 10. The number of hydrogen-bond donors (Lipinski definition) is 0. The number of aromatic nitrogens is 4. The van der Waals surface area contributed by atoms with Gasteiger partial charge in [0.15, 0.2) is 8.07 Å². The summed E-state index contributed by atoms with van der Waals surface area (Å²) in [6.45, 7) is 4.71. The maximum atomic E-state index is 5.34. The van der Waals surface area contributed by atoms with Crippen LogP contribution in [0, 0.1) is 0 Å². The average molecular weight is 979 g/mol. The van der Waals surface area contributed by atoms with Crippen molar-refractivity contribution in [3.05, 3.63) is 267 Å². The maximum absolute atomic E-state index is 5.34. The standard InChI is InChI=1S/C68H50N6Si/c1-75(2,67-39-35-57(45-69-67)71(53-31-29-47-17-9-11-19-49(47)41-53)55-33-37-65-61(43-55)59-25-13-15-27-63(59)73(65)51-21-5-3-6-22-51)68-40-36-58(46-70-68)72(54-32-30-48-18-10-12-20-50(48)42-54)56-34-38-66-62(44-56)60-26-14-16-28-64(60)74(66)52-23-7-4-8-24-52/h3-46H,1-2H3. The van der Waals surface area contributed by atoms with Crippen LogP contribution in [0.4, 0.5) is 34.1 Å². The number of rotatable bonds is 10. The van der Waals surface area contributed by atoms with E-state index in [0.717, 1.165) is 67.2 Å². The molecule has 0 unspecified atom stereocenters. The van der Waals surface area contributed by atoms with E-state index in [1.807, 2.05) is 0 Å². The molecule has 0 aliphatic carbocycles. The molecular weight excluding hydrogens is 929 g/mol. The van der Waals surface area contributed by atoms with E-state index in [4.69, 9.17) is 9.97 Å². The summed E-state index contributed by atoms with van der Waals surface area (Å²) in [5, 5.41) is 11.7.